The normalized spacial score (nSPS) is 11.8. The summed E-state index contributed by atoms with van der Waals surface area (Å²) in [6, 6.07) is 6.54. The molecule has 2 aromatic heterocycles. The molecule has 3 aromatic rings. The van der Waals surface area contributed by atoms with E-state index in [9.17, 15) is 23.3 Å². The maximum atomic E-state index is 12.6. The second kappa shape index (κ2) is 5.24. The third-order valence-electron chi connectivity index (χ3n) is 3.26. The highest BCUT2D eigenvalue weighted by Crippen LogP contribution is 2.33. The molecule has 0 bridgehead atoms. The van der Waals surface area contributed by atoms with Gasteiger partial charge in [0, 0.05) is 29.9 Å². The summed E-state index contributed by atoms with van der Waals surface area (Å²) in [4.78, 5) is 14.0. The summed E-state index contributed by atoms with van der Waals surface area (Å²) in [5.74, 6) is 0.114. The van der Waals surface area contributed by atoms with E-state index in [1.807, 2.05) is 0 Å². The lowest BCUT2D eigenvalue weighted by Crippen LogP contribution is -2.07. The van der Waals surface area contributed by atoms with Crippen molar-refractivity contribution in [3.63, 3.8) is 0 Å². The maximum absolute atomic E-state index is 12.6. The Bertz CT molecular complexity index is 921. The zero-order valence-electron chi connectivity index (χ0n) is 11.2. The summed E-state index contributed by atoms with van der Waals surface area (Å²) < 4.78 is 39.4. The number of non-ortho nitro benzene ring substituents is 1. The molecule has 0 atom stereocenters. The van der Waals surface area contributed by atoms with Gasteiger partial charge in [0.1, 0.15) is 0 Å². The first-order valence-corrected chi connectivity index (χ1v) is 6.64. The Balaban J connectivity index is 2.12. The molecule has 0 aliphatic rings. The van der Waals surface area contributed by atoms with E-state index in [0.29, 0.717) is 17.1 Å². The number of fused-ring (bicyclic) bond motifs is 1. The third kappa shape index (κ3) is 2.72. The summed E-state index contributed by atoms with van der Waals surface area (Å²) >= 11 is 5.92. The van der Waals surface area contributed by atoms with Crippen molar-refractivity contribution in [1.29, 1.82) is 0 Å². The van der Waals surface area contributed by atoms with Crippen LogP contribution in [0, 0.1) is 10.1 Å². The number of rotatable bonds is 2. The van der Waals surface area contributed by atoms with E-state index in [-0.39, 0.29) is 16.5 Å². The molecule has 9 heteroatoms. The van der Waals surface area contributed by atoms with Crippen LogP contribution in [0.5, 0.6) is 0 Å². The van der Waals surface area contributed by atoms with Crippen molar-refractivity contribution in [3.05, 3.63) is 63.4 Å². The molecule has 0 N–H and O–H groups in total. The van der Waals surface area contributed by atoms with Crippen LogP contribution in [0.2, 0.25) is 5.02 Å². The number of nitro groups is 1. The molecule has 0 radical (unpaired) electrons. The summed E-state index contributed by atoms with van der Waals surface area (Å²) in [5.41, 5.74) is -0.482. The summed E-state index contributed by atoms with van der Waals surface area (Å²) in [6.45, 7) is 0. The molecule has 2 heterocycles. The molecule has 3 rings (SSSR count). The van der Waals surface area contributed by atoms with Gasteiger partial charge in [-0.15, -0.1) is 0 Å². The number of hydrogen-bond donors (Lipinski definition) is 0. The number of hydrogen-bond acceptors (Lipinski definition) is 3. The number of halogens is 4. The van der Waals surface area contributed by atoms with E-state index in [0.717, 1.165) is 6.07 Å². The summed E-state index contributed by atoms with van der Waals surface area (Å²) in [5, 5.41) is 11.1. The van der Waals surface area contributed by atoms with Crippen LogP contribution in [0.15, 0.2) is 42.7 Å². The molecule has 118 valence electrons. The van der Waals surface area contributed by atoms with E-state index >= 15 is 0 Å². The van der Waals surface area contributed by atoms with E-state index in [4.69, 9.17) is 11.6 Å². The lowest BCUT2D eigenvalue weighted by atomic mass is 10.2. The van der Waals surface area contributed by atoms with Gasteiger partial charge in [0.15, 0.2) is 5.82 Å². The Morgan fingerprint density at radius 3 is 2.57 bits per heavy atom. The third-order valence-corrected chi connectivity index (χ3v) is 3.54. The van der Waals surface area contributed by atoms with Gasteiger partial charge < -0.3 is 0 Å². The lowest BCUT2D eigenvalue weighted by molar-refractivity contribution is -0.384. The maximum Gasteiger partial charge on any atom is 0.417 e. The fourth-order valence-corrected chi connectivity index (χ4v) is 2.45. The van der Waals surface area contributed by atoms with E-state index < -0.39 is 16.7 Å². The van der Waals surface area contributed by atoms with Crippen LogP contribution >= 0.6 is 11.6 Å². The van der Waals surface area contributed by atoms with Gasteiger partial charge in [-0.05, 0) is 18.2 Å². The quantitative estimate of drug-likeness (QED) is 0.505. The van der Waals surface area contributed by atoms with Gasteiger partial charge in [-0.25, -0.2) is 4.98 Å². The monoisotopic (exact) mass is 341 g/mol. The summed E-state index contributed by atoms with van der Waals surface area (Å²) in [7, 11) is 0. The van der Waals surface area contributed by atoms with Crippen molar-refractivity contribution >= 4 is 28.2 Å². The number of alkyl halides is 3. The van der Waals surface area contributed by atoms with Gasteiger partial charge in [0.25, 0.3) is 5.69 Å². The molecule has 0 saturated carbocycles. The van der Waals surface area contributed by atoms with Crippen molar-refractivity contribution in [2.24, 2.45) is 0 Å². The molecule has 0 aliphatic carbocycles. The summed E-state index contributed by atoms with van der Waals surface area (Å²) in [6.07, 6.45) is -2.30. The minimum Gasteiger partial charge on any atom is -0.300 e. The molecule has 0 amide bonds. The van der Waals surface area contributed by atoms with E-state index in [1.54, 1.807) is 6.07 Å². The molecule has 0 fully saturated rings. The predicted octanol–water partition coefficient (Wildman–Crippen LogP) is 4.61. The first-order chi connectivity index (χ1) is 10.8. The second-order valence-electron chi connectivity index (χ2n) is 4.71. The van der Waals surface area contributed by atoms with Gasteiger partial charge in [-0.2, -0.15) is 13.2 Å². The van der Waals surface area contributed by atoms with Crippen molar-refractivity contribution in [3.8, 4) is 5.82 Å². The van der Waals surface area contributed by atoms with Gasteiger partial charge in [-0.1, -0.05) is 11.6 Å². The van der Waals surface area contributed by atoms with Crippen LogP contribution in [-0.2, 0) is 6.18 Å². The smallest absolute Gasteiger partial charge is 0.300 e. The molecule has 5 nitrogen and oxygen atoms in total. The largest absolute Gasteiger partial charge is 0.417 e. The molecular weight excluding hydrogens is 335 g/mol. The minimum atomic E-state index is -4.53. The van der Waals surface area contributed by atoms with Crippen LogP contribution in [-0.4, -0.2) is 14.5 Å². The number of benzene rings is 1. The Labute approximate surface area is 132 Å². The van der Waals surface area contributed by atoms with E-state index in [1.165, 1.54) is 29.0 Å². The Morgan fingerprint density at radius 2 is 1.96 bits per heavy atom. The minimum absolute atomic E-state index is 0.0817. The average molecular weight is 342 g/mol. The van der Waals surface area contributed by atoms with Crippen LogP contribution in [0.3, 0.4) is 0 Å². The molecule has 0 spiro atoms. The van der Waals surface area contributed by atoms with Gasteiger partial charge in [0.2, 0.25) is 0 Å². The van der Waals surface area contributed by atoms with Crippen LogP contribution < -0.4 is 0 Å². The van der Waals surface area contributed by atoms with E-state index in [2.05, 4.69) is 4.98 Å². The van der Waals surface area contributed by atoms with Gasteiger partial charge >= 0.3 is 6.18 Å². The van der Waals surface area contributed by atoms with Crippen LogP contribution in [0.1, 0.15) is 5.56 Å². The van der Waals surface area contributed by atoms with Crippen molar-refractivity contribution in [2.75, 3.05) is 0 Å². The first kappa shape index (κ1) is 15.3. The standard InChI is InChI=1S/C14H7ClF3N3O2/c15-11-6-9(14(16,17)18)7-19-13(11)20-4-3-8-5-10(21(22)23)1-2-12(8)20/h1-7H. The first-order valence-electron chi connectivity index (χ1n) is 6.26. The number of aromatic nitrogens is 2. The molecule has 1 aromatic carbocycles. The van der Waals surface area contributed by atoms with Crippen LogP contribution in [0.4, 0.5) is 18.9 Å². The zero-order chi connectivity index (χ0) is 16.8. The van der Waals surface area contributed by atoms with Crippen LogP contribution in [0.25, 0.3) is 16.7 Å². The van der Waals surface area contributed by atoms with Crippen molar-refractivity contribution < 1.29 is 18.1 Å². The SMILES string of the molecule is O=[N+]([O-])c1ccc2c(ccn2-c2ncc(C(F)(F)F)cc2Cl)c1. The Kier molecular flexibility index (Phi) is 3.48. The second-order valence-corrected chi connectivity index (χ2v) is 5.12. The average Bonchev–Trinajstić information content (AvgIpc) is 2.89. The highest BCUT2D eigenvalue weighted by Gasteiger charge is 2.31. The number of nitro benzene ring substituents is 1. The van der Waals surface area contributed by atoms with Crippen molar-refractivity contribution in [1.82, 2.24) is 9.55 Å². The highest BCUT2D eigenvalue weighted by atomic mass is 35.5. The topological polar surface area (TPSA) is 61.0 Å². The lowest BCUT2D eigenvalue weighted by Gasteiger charge is -2.10. The molecule has 23 heavy (non-hydrogen) atoms. The molecule has 0 aliphatic heterocycles. The van der Waals surface area contributed by atoms with Gasteiger partial charge in [-0.3, -0.25) is 14.7 Å². The Hall–Kier alpha value is -2.61. The predicted molar refractivity (Wildman–Crippen MR) is 77.7 cm³/mol. The molecule has 0 saturated heterocycles. The van der Waals surface area contributed by atoms with Crippen molar-refractivity contribution in [2.45, 2.75) is 6.18 Å². The Morgan fingerprint density at radius 1 is 1.22 bits per heavy atom. The number of pyridine rings is 1. The molecule has 0 unspecified atom stereocenters. The highest BCUT2D eigenvalue weighted by molar-refractivity contribution is 6.32. The zero-order valence-corrected chi connectivity index (χ0v) is 12.0. The fourth-order valence-electron chi connectivity index (χ4n) is 2.19. The fraction of sp³-hybridized carbons (Fsp3) is 0.0714. The number of nitrogens with zero attached hydrogens (tertiary/aromatic N) is 3. The van der Waals surface area contributed by atoms with Gasteiger partial charge in [0.05, 0.1) is 21.0 Å². The molecular formula is C14H7ClF3N3O2.